The number of nitrogens with zero attached hydrogens (tertiary/aromatic N) is 2. The number of pyridine rings is 1. The Kier molecular flexibility index (Phi) is 6.18. The minimum Gasteiger partial charge on any atom is -0.508 e. The highest BCUT2D eigenvalue weighted by molar-refractivity contribution is 9.10. The van der Waals surface area contributed by atoms with Crippen LogP contribution in [0.1, 0.15) is 29.3 Å². The van der Waals surface area contributed by atoms with Gasteiger partial charge >= 0.3 is 0 Å². The van der Waals surface area contributed by atoms with Crippen LogP contribution in [0.25, 0.3) is 22.2 Å². The van der Waals surface area contributed by atoms with E-state index in [9.17, 15) is 15.0 Å². The van der Waals surface area contributed by atoms with Crippen molar-refractivity contribution in [3.8, 4) is 22.8 Å². The molecule has 3 aromatic carbocycles. The summed E-state index contributed by atoms with van der Waals surface area (Å²) >= 11 is 3.48. The van der Waals surface area contributed by atoms with Gasteiger partial charge in [-0.05, 0) is 48.9 Å². The Morgan fingerprint density at radius 2 is 1.81 bits per heavy atom. The molecule has 0 radical (unpaired) electrons. The van der Waals surface area contributed by atoms with Crippen LogP contribution in [0.2, 0.25) is 0 Å². The molecular formula is C25H20BrN3O3. The number of phenolic OH excluding ortho intramolecular Hbond substituents is 2. The van der Waals surface area contributed by atoms with Gasteiger partial charge in [-0.25, -0.2) is 10.4 Å². The molecule has 0 aliphatic heterocycles. The number of hydrogen-bond donors (Lipinski definition) is 3. The maximum absolute atomic E-state index is 13.1. The summed E-state index contributed by atoms with van der Waals surface area (Å²) in [6, 6.07) is 21.1. The monoisotopic (exact) mass is 489 g/mol. The number of hydrazone groups is 1. The molecule has 4 aromatic rings. The number of aromatic hydroxyl groups is 2. The molecule has 0 fully saturated rings. The largest absolute Gasteiger partial charge is 0.508 e. The molecule has 1 heterocycles. The number of carbonyl (C=O) groups excluding carboxylic acids is 1. The number of halogens is 1. The number of fused-ring (bicyclic) bond motifs is 1. The minimum atomic E-state index is -0.398. The van der Waals surface area contributed by atoms with Gasteiger partial charge in [0.1, 0.15) is 11.5 Å². The lowest BCUT2D eigenvalue weighted by molar-refractivity contribution is 0.0956. The Bertz CT molecular complexity index is 1350. The third-order valence-electron chi connectivity index (χ3n) is 5.00. The number of carbonyl (C=O) groups is 1. The zero-order valence-electron chi connectivity index (χ0n) is 17.2. The average molecular weight is 490 g/mol. The van der Waals surface area contributed by atoms with Gasteiger partial charge in [-0.1, -0.05) is 53.2 Å². The highest BCUT2D eigenvalue weighted by Crippen LogP contribution is 2.27. The SMILES string of the molecule is CCC(=NNC(=O)c1cc(-c2cccc(Br)c2)nc2ccccc12)c1cc(O)ccc1O. The maximum atomic E-state index is 13.1. The molecule has 0 aliphatic rings. The number of hydrogen-bond acceptors (Lipinski definition) is 5. The molecule has 0 bridgehead atoms. The number of benzene rings is 3. The van der Waals surface area contributed by atoms with Crippen molar-refractivity contribution in [3.05, 3.63) is 88.4 Å². The highest BCUT2D eigenvalue weighted by atomic mass is 79.9. The van der Waals surface area contributed by atoms with E-state index in [0.29, 0.717) is 39.9 Å². The number of nitrogens with one attached hydrogen (secondary N) is 1. The fourth-order valence-corrected chi connectivity index (χ4v) is 3.82. The van der Waals surface area contributed by atoms with Crippen molar-refractivity contribution in [1.29, 1.82) is 0 Å². The van der Waals surface area contributed by atoms with Crippen LogP contribution in [-0.4, -0.2) is 26.8 Å². The summed E-state index contributed by atoms with van der Waals surface area (Å²) in [6.45, 7) is 1.85. The molecule has 4 rings (SSSR count). The van der Waals surface area contributed by atoms with Gasteiger partial charge in [0.25, 0.3) is 5.91 Å². The molecule has 0 saturated carbocycles. The molecule has 7 heteroatoms. The van der Waals surface area contributed by atoms with E-state index in [2.05, 4.69) is 26.5 Å². The van der Waals surface area contributed by atoms with Gasteiger partial charge in [0.05, 0.1) is 22.5 Å². The minimum absolute atomic E-state index is 0.00377. The Balaban J connectivity index is 1.74. The van der Waals surface area contributed by atoms with Gasteiger partial charge in [0, 0.05) is 21.0 Å². The van der Waals surface area contributed by atoms with Crippen LogP contribution in [0.5, 0.6) is 11.5 Å². The topological polar surface area (TPSA) is 94.8 Å². The predicted molar refractivity (Wildman–Crippen MR) is 129 cm³/mol. The maximum Gasteiger partial charge on any atom is 0.272 e. The second-order valence-corrected chi connectivity index (χ2v) is 8.05. The van der Waals surface area contributed by atoms with Gasteiger partial charge in [0.15, 0.2) is 0 Å². The smallest absolute Gasteiger partial charge is 0.272 e. The number of para-hydroxylation sites is 1. The van der Waals surface area contributed by atoms with E-state index in [-0.39, 0.29) is 11.5 Å². The van der Waals surface area contributed by atoms with Crippen LogP contribution in [0.15, 0.2) is 82.4 Å². The van der Waals surface area contributed by atoms with Gasteiger partial charge < -0.3 is 10.2 Å². The van der Waals surface area contributed by atoms with Gasteiger partial charge in [-0.2, -0.15) is 5.10 Å². The van der Waals surface area contributed by atoms with E-state index in [0.717, 1.165) is 10.0 Å². The van der Waals surface area contributed by atoms with E-state index in [4.69, 9.17) is 4.98 Å². The van der Waals surface area contributed by atoms with E-state index in [1.165, 1.54) is 18.2 Å². The zero-order valence-corrected chi connectivity index (χ0v) is 18.8. The number of aromatic nitrogens is 1. The van der Waals surface area contributed by atoms with Crippen molar-refractivity contribution in [1.82, 2.24) is 10.4 Å². The summed E-state index contributed by atoms with van der Waals surface area (Å²) in [4.78, 5) is 17.9. The summed E-state index contributed by atoms with van der Waals surface area (Å²) < 4.78 is 0.916. The molecule has 0 saturated heterocycles. The first kappa shape index (κ1) is 21.5. The molecule has 3 N–H and O–H groups in total. The lowest BCUT2D eigenvalue weighted by atomic mass is 10.0. The van der Waals surface area contributed by atoms with Crippen LogP contribution < -0.4 is 5.43 Å². The first-order valence-electron chi connectivity index (χ1n) is 10.0. The number of phenols is 2. The van der Waals surface area contributed by atoms with Crippen LogP contribution in [0.3, 0.4) is 0 Å². The Morgan fingerprint density at radius 1 is 1.00 bits per heavy atom. The second-order valence-electron chi connectivity index (χ2n) is 7.14. The molecular weight excluding hydrogens is 470 g/mol. The molecule has 0 unspecified atom stereocenters. The van der Waals surface area contributed by atoms with Gasteiger partial charge in [-0.15, -0.1) is 0 Å². The van der Waals surface area contributed by atoms with Crippen LogP contribution in [0.4, 0.5) is 0 Å². The molecule has 0 spiro atoms. The third-order valence-corrected chi connectivity index (χ3v) is 5.49. The van der Waals surface area contributed by atoms with Crippen molar-refractivity contribution >= 4 is 38.5 Å². The average Bonchev–Trinajstić information content (AvgIpc) is 2.80. The predicted octanol–water partition coefficient (Wildman–Crippen LogP) is 5.62. The fourth-order valence-electron chi connectivity index (χ4n) is 3.42. The standard InChI is InChI=1S/C25H20BrN3O3/c1-2-21(20-13-17(30)10-11-24(20)31)28-29-25(32)19-14-23(15-6-5-7-16(26)12-15)27-22-9-4-3-8-18(19)22/h3-14,30-31H,2H2,1H3,(H,29,32). The summed E-state index contributed by atoms with van der Waals surface area (Å²) in [7, 11) is 0. The first-order valence-corrected chi connectivity index (χ1v) is 10.8. The van der Waals surface area contributed by atoms with E-state index >= 15 is 0 Å². The molecule has 1 amide bonds. The normalized spacial score (nSPS) is 11.5. The third kappa shape index (κ3) is 4.48. The van der Waals surface area contributed by atoms with Crippen molar-refractivity contribution in [2.24, 2.45) is 5.10 Å². The van der Waals surface area contributed by atoms with E-state index < -0.39 is 5.91 Å². The lowest BCUT2D eigenvalue weighted by Gasteiger charge is -2.11. The molecule has 32 heavy (non-hydrogen) atoms. The number of rotatable bonds is 5. The summed E-state index contributed by atoms with van der Waals surface area (Å²) in [5, 5.41) is 24.8. The summed E-state index contributed by atoms with van der Waals surface area (Å²) in [6.07, 6.45) is 0.442. The van der Waals surface area contributed by atoms with E-state index in [1.807, 2.05) is 55.5 Å². The van der Waals surface area contributed by atoms with Gasteiger partial charge in [0.2, 0.25) is 0 Å². The molecule has 6 nitrogen and oxygen atoms in total. The Morgan fingerprint density at radius 3 is 2.59 bits per heavy atom. The van der Waals surface area contributed by atoms with Crippen molar-refractivity contribution < 1.29 is 15.0 Å². The summed E-state index contributed by atoms with van der Waals surface area (Å²) in [5.74, 6) is -0.418. The zero-order chi connectivity index (χ0) is 22.7. The second kappa shape index (κ2) is 9.20. The molecule has 1 aromatic heterocycles. The molecule has 0 aliphatic carbocycles. The highest BCUT2D eigenvalue weighted by Gasteiger charge is 2.15. The molecule has 0 atom stereocenters. The molecule has 160 valence electrons. The fraction of sp³-hybridized carbons (Fsp3) is 0.0800. The van der Waals surface area contributed by atoms with Crippen molar-refractivity contribution in [2.75, 3.05) is 0 Å². The van der Waals surface area contributed by atoms with Crippen molar-refractivity contribution in [3.63, 3.8) is 0 Å². The van der Waals surface area contributed by atoms with Gasteiger partial charge in [-0.3, -0.25) is 4.79 Å². The Hall–Kier alpha value is -3.71. The van der Waals surface area contributed by atoms with Crippen LogP contribution >= 0.6 is 15.9 Å². The quantitative estimate of drug-likeness (QED) is 0.192. The lowest BCUT2D eigenvalue weighted by Crippen LogP contribution is -2.20. The van der Waals surface area contributed by atoms with Crippen molar-refractivity contribution in [2.45, 2.75) is 13.3 Å². The van der Waals surface area contributed by atoms with E-state index in [1.54, 1.807) is 6.07 Å². The number of amides is 1. The Labute approximate surface area is 193 Å². The summed E-state index contributed by atoms with van der Waals surface area (Å²) in [5.41, 5.74) is 6.08. The van der Waals surface area contributed by atoms with Crippen LogP contribution in [0, 0.1) is 0 Å². The van der Waals surface area contributed by atoms with Crippen LogP contribution in [-0.2, 0) is 0 Å². The first-order chi connectivity index (χ1) is 15.5.